The van der Waals surface area contributed by atoms with Crippen LogP contribution in [0.25, 0.3) is 0 Å². The summed E-state index contributed by atoms with van der Waals surface area (Å²) in [6.45, 7) is 2.20. The summed E-state index contributed by atoms with van der Waals surface area (Å²) in [5.74, 6) is -0.954. The van der Waals surface area contributed by atoms with Gasteiger partial charge in [-0.2, -0.15) is 0 Å². The van der Waals surface area contributed by atoms with Gasteiger partial charge in [-0.1, -0.05) is 18.5 Å². The maximum Gasteiger partial charge on any atom is 0.303 e. The fraction of sp³-hybridized carbons (Fsp3) is 0.500. The molecule has 100 valence electrons. The Balaban J connectivity index is 2.19. The number of amides is 1. The zero-order chi connectivity index (χ0) is 13.5. The fourth-order valence-corrected chi connectivity index (χ4v) is 2.56. The molecule has 0 spiro atoms. The molecule has 0 aromatic carbocycles. The van der Waals surface area contributed by atoms with Crippen molar-refractivity contribution in [2.24, 2.45) is 5.92 Å². The molecule has 0 aliphatic rings. The van der Waals surface area contributed by atoms with E-state index in [4.69, 9.17) is 16.7 Å². The molecule has 0 saturated carbocycles. The quantitative estimate of drug-likeness (QED) is 0.811. The highest BCUT2D eigenvalue weighted by Crippen LogP contribution is 2.22. The van der Waals surface area contributed by atoms with E-state index in [9.17, 15) is 9.59 Å². The predicted molar refractivity (Wildman–Crippen MR) is 72.1 cm³/mol. The first-order valence-electron chi connectivity index (χ1n) is 5.70. The van der Waals surface area contributed by atoms with Gasteiger partial charge >= 0.3 is 5.97 Å². The molecule has 1 aromatic rings. The second kappa shape index (κ2) is 7.38. The number of carbonyl (C=O) groups is 2. The van der Waals surface area contributed by atoms with E-state index in [0.717, 1.165) is 9.21 Å². The van der Waals surface area contributed by atoms with Gasteiger partial charge < -0.3 is 10.4 Å². The van der Waals surface area contributed by atoms with E-state index >= 15 is 0 Å². The Morgan fingerprint density at radius 2 is 2.22 bits per heavy atom. The number of halogens is 1. The number of carboxylic acid groups (broad SMARTS) is 1. The minimum absolute atomic E-state index is 0.0531. The van der Waals surface area contributed by atoms with Crippen LogP contribution < -0.4 is 5.32 Å². The molecule has 0 saturated heterocycles. The van der Waals surface area contributed by atoms with Crippen LogP contribution in [0.15, 0.2) is 12.1 Å². The van der Waals surface area contributed by atoms with Gasteiger partial charge in [-0.05, 0) is 24.5 Å². The first kappa shape index (κ1) is 15.0. The summed E-state index contributed by atoms with van der Waals surface area (Å²) in [6, 6.07) is 3.72. The van der Waals surface area contributed by atoms with Gasteiger partial charge in [-0.3, -0.25) is 9.59 Å². The second-order valence-corrected chi connectivity index (χ2v) is 6.01. The number of hydrogen-bond donors (Lipinski definition) is 2. The van der Waals surface area contributed by atoms with Crippen molar-refractivity contribution in [1.29, 1.82) is 0 Å². The van der Waals surface area contributed by atoms with E-state index in [-0.39, 0.29) is 18.2 Å². The summed E-state index contributed by atoms with van der Waals surface area (Å²) in [7, 11) is 0. The molecular formula is C12H16ClNO3S. The summed E-state index contributed by atoms with van der Waals surface area (Å²) in [5.41, 5.74) is 0. The number of thiophene rings is 1. The summed E-state index contributed by atoms with van der Waals surface area (Å²) in [4.78, 5) is 23.0. The first-order chi connectivity index (χ1) is 8.47. The molecule has 0 fully saturated rings. The molecule has 6 heteroatoms. The molecular weight excluding hydrogens is 274 g/mol. The van der Waals surface area contributed by atoms with Crippen molar-refractivity contribution < 1.29 is 14.7 Å². The van der Waals surface area contributed by atoms with E-state index < -0.39 is 5.97 Å². The molecule has 1 rings (SSSR count). The van der Waals surface area contributed by atoms with Gasteiger partial charge in [0.25, 0.3) is 0 Å². The number of aliphatic carboxylic acids is 1. The van der Waals surface area contributed by atoms with E-state index in [0.29, 0.717) is 19.4 Å². The molecule has 1 aromatic heterocycles. The molecule has 1 atom stereocenters. The largest absolute Gasteiger partial charge is 0.481 e. The van der Waals surface area contributed by atoms with Crippen LogP contribution in [0.3, 0.4) is 0 Å². The molecule has 18 heavy (non-hydrogen) atoms. The van der Waals surface area contributed by atoms with E-state index in [1.165, 1.54) is 11.3 Å². The third-order valence-electron chi connectivity index (χ3n) is 2.40. The van der Waals surface area contributed by atoms with Crippen LogP contribution in [0.4, 0.5) is 0 Å². The lowest BCUT2D eigenvalue weighted by atomic mass is 10.1. The lowest BCUT2D eigenvalue weighted by molar-refractivity contribution is -0.138. The molecule has 0 aliphatic carbocycles. The Morgan fingerprint density at radius 3 is 2.78 bits per heavy atom. The van der Waals surface area contributed by atoms with Crippen molar-refractivity contribution in [2.75, 3.05) is 6.54 Å². The van der Waals surface area contributed by atoms with Crippen LogP contribution in [0.5, 0.6) is 0 Å². The number of hydrogen-bond acceptors (Lipinski definition) is 3. The Labute approximate surface area is 115 Å². The van der Waals surface area contributed by atoms with Crippen molar-refractivity contribution in [2.45, 2.75) is 26.2 Å². The maximum atomic E-state index is 11.5. The molecule has 1 heterocycles. The maximum absolute atomic E-state index is 11.5. The second-order valence-electron chi connectivity index (χ2n) is 4.21. The average Bonchev–Trinajstić information content (AvgIpc) is 2.69. The van der Waals surface area contributed by atoms with Gasteiger partial charge in [0, 0.05) is 24.3 Å². The van der Waals surface area contributed by atoms with Gasteiger partial charge in [0.15, 0.2) is 0 Å². The van der Waals surface area contributed by atoms with Crippen molar-refractivity contribution in [1.82, 2.24) is 5.32 Å². The topological polar surface area (TPSA) is 66.4 Å². The van der Waals surface area contributed by atoms with Gasteiger partial charge in [0.1, 0.15) is 0 Å². The lowest BCUT2D eigenvalue weighted by Crippen LogP contribution is -2.29. The van der Waals surface area contributed by atoms with E-state index in [1.54, 1.807) is 6.92 Å². The zero-order valence-electron chi connectivity index (χ0n) is 10.1. The third-order valence-corrected chi connectivity index (χ3v) is 3.69. The van der Waals surface area contributed by atoms with Gasteiger partial charge in [0.2, 0.25) is 5.91 Å². The molecule has 0 radical (unpaired) electrons. The summed E-state index contributed by atoms with van der Waals surface area (Å²) < 4.78 is 0.723. The summed E-state index contributed by atoms with van der Waals surface area (Å²) in [5, 5.41) is 11.3. The van der Waals surface area contributed by atoms with Crippen molar-refractivity contribution >= 4 is 34.8 Å². The molecule has 2 N–H and O–H groups in total. The standard InChI is InChI=1S/C12H16ClNO3S/c1-8(6-12(16)17)7-14-11(15)5-3-9-2-4-10(13)18-9/h2,4,8H,3,5-7H2,1H3,(H,14,15)(H,16,17). The highest BCUT2D eigenvalue weighted by molar-refractivity contribution is 7.16. The minimum Gasteiger partial charge on any atom is -0.481 e. The van der Waals surface area contributed by atoms with Crippen LogP contribution in [-0.4, -0.2) is 23.5 Å². The number of carboxylic acids is 1. The number of aryl methyl sites for hydroxylation is 1. The molecule has 1 unspecified atom stereocenters. The molecule has 0 bridgehead atoms. The average molecular weight is 290 g/mol. The molecule has 4 nitrogen and oxygen atoms in total. The van der Waals surface area contributed by atoms with Crippen molar-refractivity contribution in [3.05, 3.63) is 21.3 Å². The fourth-order valence-electron chi connectivity index (χ4n) is 1.47. The Morgan fingerprint density at radius 1 is 1.50 bits per heavy atom. The van der Waals surface area contributed by atoms with Crippen LogP contribution >= 0.6 is 22.9 Å². The van der Waals surface area contributed by atoms with Crippen LogP contribution in [-0.2, 0) is 16.0 Å². The van der Waals surface area contributed by atoms with E-state index in [1.807, 2.05) is 12.1 Å². The Kier molecular flexibility index (Phi) is 6.15. The first-order valence-corrected chi connectivity index (χ1v) is 6.89. The van der Waals surface area contributed by atoms with Gasteiger partial charge in [0.05, 0.1) is 4.34 Å². The Bertz CT molecular complexity index is 419. The smallest absolute Gasteiger partial charge is 0.303 e. The normalized spacial score (nSPS) is 12.1. The van der Waals surface area contributed by atoms with Crippen molar-refractivity contribution in [3.8, 4) is 0 Å². The van der Waals surface area contributed by atoms with Crippen LogP contribution in [0.1, 0.15) is 24.6 Å². The SMILES string of the molecule is CC(CNC(=O)CCc1ccc(Cl)s1)CC(=O)O. The molecule has 0 aliphatic heterocycles. The van der Waals surface area contributed by atoms with Gasteiger partial charge in [-0.25, -0.2) is 0 Å². The summed E-state index contributed by atoms with van der Waals surface area (Å²) in [6.07, 6.45) is 1.13. The van der Waals surface area contributed by atoms with Crippen LogP contribution in [0.2, 0.25) is 4.34 Å². The highest BCUT2D eigenvalue weighted by Gasteiger charge is 2.09. The third kappa shape index (κ3) is 6.02. The number of rotatable bonds is 7. The predicted octanol–water partition coefficient (Wildman–Crippen LogP) is 2.56. The monoisotopic (exact) mass is 289 g/mol. The van der Waals surface area contributed by atoms with Crippen LogP contribution in [0, 0.1) is 5.92 Å². The minimum atomic E-state index is -0.843. The Hall–Kier alpha value is -1.07. The lowest BCUT2D eigenvalue weighted by Gasteiger charge is -2.09. The highest BCUT2D eigenvalue weighted by atomic mass is 35.5. The number of carbonyl (C=O) groups excluding carboxylic acids is 1. The number of nitrogens with one attached hydrogen (secondary N) is 1. The summed E-state index contributed by atoms with van der Waals surface area (Å²) >= 11 is 7.26. The van der Waals surface area contributed by atoms with Gasteiger partial charge in [-0.15, -0.1) is 11.3 Å². The van der Waals surface area contributed by atoms with Crippen molar-refractivity contribution in [3.63, 3.8) is 0 Å². The molecule has 1 amide bonds. The zero-order valence-corrected chi connectivity index (χ0v) is 11.7. The van der Waals surface area contributed by atoms with E-state index in [2.05, 4.69) is 5.32 Å².